The van der Waals surface area contributed by atoms with Crippen molar-refractivity contribution in [3.63, 3.8) is 0 Å². The van der Waals surface area contributed by atoms with Crippen LogP contribution in [0.5, 0.6) is 5.75 Å². The van der Waals surface area contributed by atoms with Gasteiger partial charge in [0.15, 0.2) is 0 Å². The minimum Gasteiger partial charge on any atom is -0.497 e. The smallest absolute Gasteiger partial charge is 0.238 e. The van der Waals surface area contributed by atoms with Crippen molar-refractivity contribution in [1.82, 2.24) is 10.2 Å². The number of carbonyl (C=O) groups excluding carboxylic acids is 2. The van der Waals surface area contributed by atoms with Crippen LogP contribution in [0.2, 0.25) is 10.0 Å². The van der Waals surface area contributed by atoms with Gasteiger partial charge in [-0.3, -0.25) is 14.5 Å². The molecule has 8 heteroatoms. The average molecular weight is 424 g/mol. The number of halogens is 2. The first kappa shape index (κ1) is 22.0. The number of ether oxygens (including phenoxy) is 1. The van der Waals surface area contributed by atoms with E-state index in [-0.39, 0.29) is 24.9 Å². The quantitative estimate of drug-likeness (QED) is 0.646. The van der Waals surface area contributed by atoms with Gasteiger partial charge in [0.1, 0.15) is 5.75 Å². The molecule has 0 aromatic heterocycles. The van der Waals surface area contributed by atoms with E-state index in [1.165, 1.54) is 0 Å². The molecule has 0 aliphatic heterocycles. The largest absolute Gasteiger partial charge is 0.497 e. The predicted octanol–water partition coefficient (Wildman–Crippen LogP) is 3.58. The van der Waals surface area contributed by atoms with Crippen LogP contribution in [0.1, 0.15) is 12.5 Å². The fourth-order valence-corrected chi connectivity index (χ4v) is 3.01. The van der Waals surface area contributed by atoms with Crippen molar-refractivity contribution in [3.05, 3.63) is 58.1 Å². The average Bonchev–Trinajstić information content (AvgIpc) is 2.69. The van der Waals surface area contributed by atoms with E-state index in [1.807, 2.05) is 31.2 Å². The van der Waals surface area contributed by atoms with E-state index >= 15 is 0 Å². The Morgan fingerprint density at radius 3 is 2.32 bits per heavy atom. The Balaban J connectivity index is 1.85. The number of para-hydroxylation sites is 1. The summed E-state index contributed by atoms with van der Waals surface area (Å²) in [5.74, 6) is 0.266. The lowest BCUT2D eigenvalue weighted by atomic mass is 10.2. The molecule has 0 radical (unpaired) electrons. The van der Waals surface area contributed by atoms with Crippen LogP contribution in [-0.4, -0.2) is 43.5 Å². The molecule has 0 fully saturated rings. The normalized spacial score (nSPS) is 10.6. The van der Waals surface area contributed by atoms with Crippen molar-refractivity contribution in [1.29, 1.82) is 0 Å². The highest BCUT2D eigenvalue weighted by Crippen LogP contribution is 2.29. The van der Waals surface area contributed by atoms with Crippen LogP contribution in [-0.2, 0) is 16.1 Å². The Labute approximate surface area is 174 Å². The van der Waals surface area contributed by atoms with Gasteiger partial charge in [-0.1, -0.05) is 48.3 Å². The standard InChI is InChI=1S/C20H23Cl2N3O3/c1-3-25(13-19(27)24-20-16(21)8-5-9-17(20)22)12-18(26)23-11-14-6-4-7-15(10-14)28-2/h4-10H,3,11-13H2,1-2H3,(H,23,26)(H,24,27). The lowest BCUT2D eigenvalue weighted by molar-refractivity contribution is -0.123. The zero-order valence-electron chi connectivity index (χ0n) is 15.8. The molecule has 2 rings (SSSR count). The summed E-state index contributed by atoms with van der Waals surface area (Å²) in [5.41, 5.74) is 1.30. The molecule has 0 bridgehead atoms. The molecule has 0 spiro atoms. The minimum atomic E-state index is -0.294. The summed E-state index contributed by atoms with van der Waals surface area (Å²) in [5, 5.41) is 6.27. The molecule has 0 saturated carbocycles. The van der Waals surface area contributed by atoms with Gasteiger partial charge < -0.3 is 15.4 Å². The molecule has 2 aromatic rings. The maximum absolute atomic E-state index is 12.3. The molecule has 6 nitrogen and oxygen atoms in total. The van der Waals surface area contributed by atoms with Gasteiger partial charge in [0.25, 0.3) is 0 Å². The molecule has 150 valence electrons. The van der Waals surface area contributed by atoms with Gasteiger partial charge in [0.05, 0.1) is 35.9 Å². The third-order valence-electron chi connectivity index (χ3n) is 4.03. The number of benzene rings is 2. The van der Waals surface area contributed by atoms with Crippen molar-refractivity contribution >= 4 is 40.7 Å². The summed E-state index contributed by atoms with van der Waals surface area (Å²) >= 11 is 12.1. The van der Waals surface area contributed by atoms with Crippen LogP contribution >= 0.6 is 23.2 Å². The van der Waals surface area contributed by atoms with Gasteiger partial charge in [-0.05, 0) is 36.4 Å². The van der Waals surface area contributed by atoms with E-state index in [0.717, 1.165) is 11.3 Å². The van der Waals surface area contributed by atoms with Crippen molar-refractivity contribution < 1.29 is 14.3 Å². The number of hydrogen-bond donors (Lipinski definition) is 2. The third-order valence-corrected chi connectivity index (χ3v) is 4.66. The highest BCUT2D eigenvalue weighted by Gasteiger charge is 2.15. The van der Waals surface area contributed by atoms with E-state index in [2.05, 4.69) is 10.6 Å². The number of likely N-dealkylation sites (N-methyl/N-ethyl adjacent to an activating group) is 1. The maximum Gasteiger partial charge on any atom is 0.238 e. The number of amides is 2. The number of hydrogen-bond acceptors (Lipinski definition) is 4. The highest BCUT2D eigenvalue weighted by molar-refractivity contribution is 6.39. The second-order valence-electron chi connectivity index (χ2n) is 6.08. The summed E-state index contributed by atoms with van der Waals surface area (Å²) in [7, 11) is 1.59. The number of nitrogens with one attached hydrogen (secondary N) is 2. The molecule has 2 aromatic carbocycles. The van der Waals surface area contributed by atoms with Crippen LogP contribution in [0.25, 0.3) is 0 Å². The Kier molecular flexibility index (Phi) is 8.57. The van der Waals surface area contributed by atoms with Crippen LogP contribution < -0.4 is 15.4 Å². The fraction of sp³-hybridized carbons (Fsp3) is 0.300. The number of rotatable bonds is 9. The molecule has 0 aliphatic carbocycles. The first-order chi connectivity index (χ1) is 13.4. The maximum atomic E-state index is 12.3. The van der Waals surface area contributed by atoms with E-state index in [4.69, 9.17) is 27.9 Å². The zero-order chi connectivity index (χ0) is 20.5. The van der Waals surface area contributed by atoms with Crippen molar-refractivity contribution in [2.75, 3.05) is 32.1 Å². The number of nitrogens with zero attached hydrogens (tertiary/aromatic N) is 1. The second-order valence-corrected chi connectivity index (χ2v) is 6.89. The van der Waals surface area contributed by atoms with E-state index in [9.17, 15) is 9.59 Å². The molecule has 0 aliphatic rings. The molecular weight excluding hydrogens is 401 g/mol. The van der Waals surface area contributed by atoms with Gasteiger partial charge in [0.2, 0.25) is 11.8 Å². The lowest BCUT2D eigenvalue weighted by Gasteiger charge is -2.20. The molecule has 28 heavy (non-hydrogen) atoms. The summed E-state index contributed by atoms with van der Waals surface area (Å²) in [6, 6.07) is 12.5. The van der Waals surface area contributed by atoms with Crippen LogP contribution in [0.4, 0.5) is 5.69 Å². The first-order valence-electron chi connectivity index (χ1n) is 8.78. The molecule has 0 saturated heterocycles. The summed E-state index contributed by atoms with van der Waals surface area (Å²) in [6.45, 7) is 2.95. The van der Waals surface area contributed by atoms with Crippen molar-refractivity contribution in [2.45, 2.75) is 13.5 Å². The van der Waals surface area contributed by atoms with Crippen molar-refractivity contribution in [2.24, 2.45) is 0 Å². The molecule has 0 unspecified atom stereocenters. The van der Waals surface area contributed by atoms with Gasteiger partial charge >= 0.3 is 0 Å². The van der Waals surface area contributed by atoms with E-state index in [1.54, 1.807) is 30.2 Å². The summed E-state index contributed by atoms with van der Waals surface area (Å²) < 4.78 is 5.17. The van der Waals surface area contributed by atoms with E-state index in [0.29, 0.717) is 28.8 Å². The Bertz CT molecular complexity index is 810. The fourth-order valence-electron chi connectivity index (χ4n) is 2.52. The second kappa shape index (κ2) is 10.9. The molecule has 0 heterocycles. The first-order valence-corrected chi connectivity index (χ1v) is 9.54. The van der Waals surface area contributed by atoms with Crippen LogP contribution in [0.15, 0.2) is 42.5 Å². The molecule has 0 atom stereocenters. The summed E-state index contributed by atoms with van der Waals surface area (Å²) in [4.78, 5) is 26.3. The number of methoxy groups -OCH3 is 1. The monoisotopic (exact) mass is 423 g/mol. The molecule has 2 N–H and O–H groups in total. The SMILES string of the molecule is CCN(CC(=O)NCc1cccc(OC)c1)CC(=O)Nc1c(Cl)cccc1Cl. The van der Waals surface area contributed by atoms with Crippen LogP contribution in [0.3, 0.4) is 0 Å². The van der Waals surface area contributed by atoms with Gasteiger partial charge in [-0.15, -0.1) is 0 Å². The Morgan fingerprint density at radius 2 is 1.68 bits per heavy atom. The number of anilines is 1. The molecular formula is C20H23Cl2N3O3. The minimum absolute atomic E-state index is 0.0463. The van der Waals surface area contributed by atoms with Gasteiger partial charge in [-0.2, -0.15) is 0 Å². The Hall–Kier alpha value is -2.28. The highest BCUT2D eigenvalue weighted by atomic mass is 35.5. The number of carbonyl (C=O) groups is 2. The zero-order valence-corrected chi connectivity index (χ0v) is 17.3. The summed E-state index contributed by atoms with van der Waals surface area (Å²) in [6.07, 6.45) is 0. The van der Waals surface area contributed by atoms with Crippen molar-refractivity contribution in [3.8, 4) is 5.75 Å². The molecule has 2 amide bonds. The Morgan fingerprint density at radius 1 is 1.04 bits per heavy atom. The van der Waals surface area contributed by atoms with E-state index < -0.39 is 0 Å². The van der Waals surface area contributed by atoms with Crippen LogP contribution in [0, 0.1) is 0 Å². The predicted molar refractivity (Wildman–Crippen MR) is 112 cm³/mol. The third kappa shape index (κ3) is 6.71. The lowest BCUT2D eigenvalue weighted by Crippen LogP contribution is -2.40. The topological polar surface area (TPSA) is 70.7 Å². The van der Waals surface area contributed by atoms with Gasteiger partial charge in [0, 0.05) is 6.54 Å². The van der Waals surface area contributed by atoms with Gasteiger partial charge in [-0.25, -0.2) is 0 Å².